The van der Waals surface area contributed by atoms with E-state index in [9.17, 15) is 18.8 Å². The maximum Gasteiger partial charge on any atom is 0.253 e. The van der Waals surface area contributed by atoms with Crippen LogP contribution in [0.2, 0.25) is 0 Å². The lowest BCUT2D eigenvalue weighted by Crippen LogP contribution is -2.46. The molecule has 5 N–H and O–H groups in total. The van der Waals surface area contributed by atoms with Crippen LogP contribution in [0.4, 0.5) is 15.8 Å². The van der Waals surface area contributed by atoms with Crippen molar-refractivity contribution >= 4 is 29.1 Å². The number of morpholine rings is 1. The molecule has 1 aromatic carbocycles. The minimum atomic E-state index is -1.52. The molecule has 1 atom stereocenters. The summed E-state index contributed by atoms with van der Waals surface area (Å²) in [5.74, 6) is -2.88. The van der Waals surface area contributed by atoms with Gasteiger partial charge in [0.15, 0.2) is 6.04 Å². The maximum atomic E-state index is 14.1. The van der Waals surface area contributed by atoms with E-state index in [-0.39, 0.29) is 30.4 Å². The molecular formula is C13H15FN4O4. The number of nitrogens with one attached hydrogen (secondary N) is 1. The second kappa shape index (κ2) is 6.50. The second-order valence-electron chi connectivity index (χ2n) is 4.63. The van der Waals surface area contributed by atoms with E-state index >= 15 is 0 Å². The summed E-state index contributed by atoms with van der Waals surface area (Å²) in [5.41, 5.74) is 10.4. The van der Waals surface area contributed by atoms with Crippen molar-refractivity contribution in [2.45, 2.75) is 6.04 Å². The molecule has 9 heteroatoms. The van der Waals surface area contributed by atoms with Crippen molar-refractivity contribution in [2.24, 2.45) is 11.5 Å². The SMILES string of the molecule is NC(=O)[C@@H](N)C(=O)Nc1ccc(N2CCOCC2=O)c(F)c1. The number of hydrogen-bond acceptors (Lipinski definition) is 5. The van der Waals surface area contributed by atoms with Crippen LogP contribution in [0.25, 0.3) is 0 Å². The fourth-order valence-corrected chi connectivity index (χ4v) is 1.93. The van der Waals surface area contributed by atoms with Crippen molar-refractivity contribution < 1.29 is 23.5 Å². The molecule has 0 aliphatic carbocycles. The van der Waals surface area contributed by atoms with E-state index in [1.807, 2.05) is 0 Å². The van der Waals surface area contributed by atoms with Crippen molar-refractivity contribution in [3.8, 4) is 0 Å². The third kappa shape index (κ3) is 3.38. The Morgan fingerprint density at radius 1 is 1.41 bits per heavy atom. The monoisotopic (exact) mass is 310 g/mol. The lowest BCUT2D eigenvalue weighted by molar-refractivity contribution is -0.127. The number of primary amides is 1. The third-order valence-electron chi connectivity index (χ3n) is 3.08. The maximum absolute atomic E-state index is 14.1. The smallest absolute Gasteiger partial charge is 0.253 e. The second-order valence-corrected chi connectivity index (χ2v) is 4.63. The van der Waals surface area contributed by atoms with Gasteiger partial charge < -0.3 is 26.4 Å². The average molecular weight is 310 g/mol. The number of carbonyl (C=O) groups excluding carboxylic acids is 3. The molecule has 0 radical (unpaired) electrons. The van der Waals surface area contributed by atoms with Gasteiger partial charge in [0.2, 0.25) is 5.91 Å². The van der Waals surface area contributed by atoms with E-state index in [0.29, 0.717) is 6.61 Å². The highest BCUT2D eigenvalue weighted by Gasteiger charge is 2.24. The average Bonchev–Trinajstić information content (AvgIpc) is 2.47. The zero-order valence-electron chi connectivity index (χ0n) is 11.5. The summed E-state index contributed by atoms with van der Waals surface area (Å²) in [7, 11) is 0. The molecule has 22 heavy (non-hydrogen) atoms. The molecule has 1 aromatic rings. The molecule has 0 bridgehead atoms. The van der Waals surface area contributed by atoms with Gasteiger partial charge in [0.05, 0.1) is 12.3 Å². The van der Waals surface area contributed by atoms with Crippen molar-refractivity contribution in [1.82, 2.24) is 0 Å². The molecule has 8 nitrogen and oxygen atoms in total. The highest BCUT2D eigenvalue weighted by atomic mass is 19.1. The number of ether oxygens (including phenoxy) is 1. The number of carbonyl (C=O) groups is 3. The molecule has 1 fully saturated rings. The Hall–Kier alpha value is -2.52. The summed E-state index contributed by atoms with van der Waals surface area (Å²) in [6.07, 6.45) is 0. The fourth-order valence-electron chi connectivity index (χ4n) is 1.93. The molecular weight excluding hydrogens is 295 g/mol. The van der Waals surface area contributed by atoms with E-state index in [1.54, 1.807) is 0 Å². The molecule has 1 saturated heterocycles. The summed E-state index contributed by atoms with van der Waals surface area (Å²) in [5, 5.41) is 2.27. The molecule has 3 amide bonds. The Kier molecular flexibility index (Phi) is 4.68. The predicted octanol–water partition coefficient (Wildman–Crippen LogP) is -1.06. The van der Waals surface area contributed by atoms with E-state index in [0.717, 1.165) is 6.07 Å². The minimum Gasteiger partial charge on any atom is -0.370 e. The zero-order chi connectivity index (χ0) is 16.3. The third-order valence-corrected chi connectivity index (χ3v) is 3.08. The van der Waals surface area contributed by atoms with Crippen molar-refractivity contribution in [2.75, 3.05) is 30.0 Å². The quantitative estimate of drug-likeness (QED) is 0.611. The van der Waals surface area contributed by atoms with Crippen LogP contribution in [0.3, 0.4) is 0 Å². The van der Waals surface area contributed by atoms with Gasteiger partial charge in [0.25, 0.3) is 11.8 Å². The lowest BCUT2D eigenvalue weighted by atomic mass is 10.2. The molecule has 0 spiro atoms. The van der Waals surface area contributed by atoms with Crippen LogP contribution in [0.5, 0.6) is 0 Å². The van der Waals surface area contributed by atoms with Gasteiger partial charge in [-0.15, -0.1) is 0 Å². The largest absolute Gasteiger partial charge is 0.370 e. The van der Waals surface area contributed by atoms with Crippen molar-refractivity contribution in [1.29, 1.82) is 0 Å². The molecule has 0 saturated carbocycles. The van der Waals surface area contributed by atoms with Crippen LogP contribution in [0.15, 0.2) is 18.2 Å². The number of halogens is 1. The van der Waals surface area contributed by atoms with Crippen LogP contribution in [-0.2, 0) is 19.1 Å². The first-order valence-electron chi connectivity index (χ1n) is 6.43. The predicted molar refractivity (Wildman–Crippen MR) is 75.4 cm³/mol. The highest BCUT2D eigenvalue weighted by molar-refractivity contribution is 6.09. The topological polar surface area (TPSA) is 128 Å². The Morgan fingerprint density at radius 3 is 2.73 bits per heavy atom. The number of nitrogens with zero attached hydrogens (tertiary/aromatic N) is 1. The minimum absolute atomic E-state index is 0.0884. The number of hydrogen-bond donors (Lipinski definition) is 3. The normalized spacial score (nSPS) is 16.3. The molecule has 1 heterocycles. The van der Waals surface area contributed by atoms with Gasteiger partial charge in [-0.05, 0) is 18.2 Å². The molecule has 1 aliphatic rings. The molecule has 0 unspecified atom stereocenters. The van der Waals surface area contributed by atoms with Crippen molar-refractivity contribution in [3.63, 3.8) is 0 Å². The molecule has 118 valence electrons. The molecule has 0 aromatic heterocycles. The van der Waals surface area contributed by atoms with Crippen LogP contribution < -0.4 is 21.7 Å². The van der Waals surface area contributed by atoms with Crippen LogP contribution >= 0.6 is 0 Å². The van der Waals surface area contributed by atoms with E-state index in [1.165, 1.54) is 17.0 Å². The summed E-state index contributed by atoms with van der Waals surface area (Å²) >= 11 is 0. The van der Waals surface area contributed by atoms with Gasteiger partial charge in [0.1, 0.15) is 12.4 Å². The van der Waals surface area contributed by atoms with E-state index in [4.69, 9.17) is 16.2 Å². The van der Waals surface area contributed by atoms with Gasteiger partial charge in [0, 0.05) is 12.2 Å². The Labute approximate surface area is 125 Å². The summed E-state index contributed by atoms with van der Waals surface area (Å²) in [6.45, 7) is 0.455. The summed E-state index contributed by atoms with van der Waals surface area (Å²) in [4.78, 5) is 35.3. The summed E-state index contributed by atoms with van der Waals surface area (Å²) < 4.78 is 19.1. The fraction of sp³-hybridized carbons (Fsp3) is 0.308. The van der Waals surface area contributed by atoms with Gasteiger partial charge in [-0.25, -0.2) is 4.39 Å². The first-order chi connectivity index (χ1) is 10.4. The van der Waals surface area contributed by atoms with Crippen LogP contribution in [0, 0.1) is 5.82 Å². The van der Waals surface area contributed by atoms with Gasteiger partial charge >= 0.3 is 0 Å². The van der Waals surface area contributed by atoms with Gasteiger partial charge in [-0.1, -0.05) is 0 Å². The van der Waals surface area contributed by atoms with E-state index < -0.39 is 23.7 Å². The lowest BCUT2D eigenvalue weighted by Gasteiger charge is -2.27. The Balaban J connectivity index is 2.14. The number of anilines is 2. The van der Waals surface area contributed by atoms with Crippen LogP contribution in [0.1, 0.15) is 0 Å². The van der Waals surface area contributed by atoms with Gasteiger partial charge in [-0.3, -0.25) is 14.4 Å². The highest BCUT2D eigenvalue weighted by Crippen LogP contribution is 2.24. The zero-order valence-corrected chi connectivity index (χ0v) is 11.5. The van der Waals surface area contributed by atoms with Gasteiger partial charge in [-0.2, -0.15) is 0 Å². The Bertz CT molecular complexity index is 622. The number of nitrogens with two attached hydrogens (primary N) is 2. The summed E-state index contributed by atoms with van der Waals surface area (Å²) in [6, 6.07) is 2.25. The first-order valence-corrected chi connectivity index (χ1v) is 6.43. The standard InChI is InChI=1S/C13H15FN4O4/c14-8-5-7(17-13(21)11(15)12(16)20)1-2-9(8)18-3-4-22-6-10(18)19/h1-2,5,11H,3-4,6,15H2,(H2,16,20)(H,17,21)/t11-/m1/s1. The Morgan fingerprint density at radius 2 is 2.14 bits per heavy atom. The van der Waals surface area contributed by atoms with Crippen molar-refractivity contribution in [3.05, 3.63) is 24.0 Å². The number of benzene rings is 1. The van der Waals surface area contributed by atoms with Crippen LogP contribution in [-0.4, -0.2) is 43.5 Å². The number of rotatable bonds is 4. The first kappa shape index (κ1) is 15.9. The molecule has 2 rings (SSSR count). The van der Waals surface area contributed by atoms with E-state index in [2.05, 4.69) is 5.32 Å². The number of amides is 3. The molecule has 1 aliphatic heterocycles.